The van der Waals surface area contributed by atoms with Gasteiger partial charge in [-0.1, -0.05) is 105 Å². The van der Waals surface area contributed by atoms with Crippen LogP contribution < -0.4 is 27.0 Å². The topological polar surface area (TPSA) is 315 Å². The molecular formula is C63H85N9O13S. The van der Waals surface area contributed by atoms with Crippen LogP contribution in [0, 0.1) is 11.8 Å². The van der Waals surface area contributed by atoms with Gasteiger partial charge in [0.2, 0.25) is 47.3 Å². The lowest BCUT2D eigenvalue weighted by atomic mass is 9.86. The molecule has 2 aliphatic carbocycles. The molecule has 4 aliphatic rings. The molecule has 23 heteroatoms. The van der Waals surface area contributed by atoms with Crippen LogP contribution in [0.1, 0.15) is 130 Å². The normalized spacial score (nSPS) is 21.0. The van der Waals surface area contributed by atoms with Gasteiger partial charge in [0.25, 0.3) is 5.91 Å². The number of fused-ring (bicyclic) bond motifs is 29. The van der Waals surface area contributed by atoms with E-state index in [-0.39, 0.29) is 82.4 Å². The van der Waals surface area contributed by atoms with Gasteiger partial charge in [-0.2, -0.15) is 11.8 Å². The molecule has 2 aliphatic heterocycles. The maximum atomic E-state index is 14.4. The largest absolute Gasteiger partial charge is 0.481 e. The van der Waals surface area contributed by atoms with Crippen LogP contribution in [0.15, 0.2) is 84.9 Å². The Hall–Kier alpha value is -7.82. The minimum Gasteiger partial charge on any atom is -0.481 e. The van der Waals surface area contributed by atoms with Crippen LogP contribution in [0.4, 0.5) is 0 Å². The Bertz CT molecular complexity index is 2780. The van der Waals surface area contributed by atoms with E-state index in [1.54, 1.807) is 31.2 Å². The number of aliphatic carboxylic acids is 2. The first kappa shape index (κ1) is 67.3. The van der Waals surface area contributed by atoms with Gasteiger partial charge < -0.3 is 56.8 Å². The summed E-state index contributed by atoms with van der Waals surface area (Å²) < 4.78 is 0. The summed E-state index contributed by atoms with van der Waals surface area (Å²) >= 11 is 1.44. The van der Waals surface area contributed by atoms with E-state index in [4.69, 9.17) is 5.73 Å². The molecule has 2 fully saturated rings. The van der Waals surface area contributed by atoms with E-state index in [9.17, 15) is 63.0 Å². The number of rotatable bonds is 17. The summed E-state index contributed by atoms with van der Waals surface area (Å²) in [5, 5.41) is 31.1. The van der Waals surface area contributed by atoms with Crippen LogP contribution in [0.3, 0.4) is 0 Å². The number of nitrogens with one attached hydrogen (secondary N) is 4. The van der Waals surface area contributed by atoms with E-state index in [1.165, 1.54) is 31.4 Å². The van der Waals surface area contributed by atoms with E-state index >= 15 is 0 Å². The zero-order chi connectivity index (χ0) is 62.0. The van der Waals surface area contributed by atoms with Crippen molar-refractivity contribution in [1.82, 2.24) is 40.9 Å². The van der Waals surface area contributed by atoms with Crippen LogP contribution >= 0.6 is 11.8 Å². The molecular weight excluding hydrogens is 1120 g/mol. The van der Waals surface area contributed by atoms with Crippen LogP contribution in [-0.2, 0) is 66.5 Å². The summed E-state index contributed by atoms with van der Waals surface area (Å²) in [7, 11) is 0. The molecule has 2 saturated carbocycles. The zero-order valence-electron chi connectivity index (χ0n) is 49.3. The number of carboxylic acid groups (broad SMARTS) is 2. The second-order valence-corrected chi connectivity index (χ2v) is 24.2. The summed E-state index contributed by atoms with van der Waals surface area (Å²) in [4.78, 5) is 154. The highest BCUT2D eigenvalue weighted by atomic mass is 32.2. The van der Waals surface area contributed by atoms with Crippen molar-refractivity contribution in [1.29, 1.82) is 0 Å². The fourth-order valence-corrected chi connectivity index (χ4v) is 11.8. The van der Waals surface area contributed by atoms with E-state index in [1.807, 2.05) is 60.7 Å². The van der Waals surface area contributed by atoms with Crippen molar-refractivity contribution >= 4 is 76.9 Å². The Kier molecular flexibility index (Phi) is 27.4. The van der Waals surface area contributed by atoms with Crippen molar-refractivity contribution in [3.05, 3.63) is 107 Å². The van der Waals surface area contributed by atoms with Crippen molar-refractivity contribution in [2.24, 2.45) is 17.6 Å². The van der Waals surface area contributed by atoms with Crippen molar-refractivity contribution in [3.63, 3.8) is 0 Å². The lowest BCUT2D eigenvalue weighted by Crippen LogP contribution is -2.54. The molecule has 86 heavy (non-hydrogen) atoms. The fourth-order valence-electron chi connectivity index (χ4n) is 11.0. The standard InChI is InChI=1S/C63H85N9O13S/c1-43-34-69(60(80)33-47-17-18-47)40-55(75)66-50(24-27-61(81)82)35-71(57(77)25-21-44-11-5-2-6-12-44)41-56(76)67-51(31-45-13-7-3-8-14-45)36-70(38-53(64)73)59(79)29-30-86-42-48-19-22-49(23-20-48)63(85)68-52(32-46-15-9-4-10-16-46)37-72(39-54(74)65-43)58(78)26-28-62(83)84/h3-4,7-10,13-16,19-20,22-23,43-44,47,50-52H,2,5-6,11-12,17-18,21,24-42H2,1H3,(H2,64,73)(H,65,74)(H,66,75)(H,67,76)(H,68,85)(H,81,82)(H,83,84)/t43-,50-,51-,52-/m0/s1. The Morgan fingerprint density at radius 3 is 1.66 bits per heavy atom. The molecule has 9 amide bonds. The average molecular weight is 1210 g/mol. The SMILES string of the molecule is C[C@H]1CN(C(=O)CC2CC2)CC(=O)N[C@@H](CCC(=O)O)CN(C(=O)CCC2CCCCC2)CC(=O)N[C@@H](Cc2ccccc2)CN(CC(N)=O)C(=O)CCSCc2ccc(cc2)C(=O)N[C@@H](Cc2ccccc2)CN(C(=O)CCC(=O)O)CC(=O)N1. The van der Waals surface area contributed by atoms with Crippen molar-refractivity contribution in [2.45, 2.75) is 146 Å². The average Bonchev–Trinajstić information content (AvgIpc) is 4.35. The van der Waals surface area contributed by atoms with Crippen LogP contribution in [0.2, 0.25) is 0 Å². The number of thioether (sulfide) groups is 1. The zero-order valence-corrected chi connectivity index (χ0v) is 50.1. The summed E-state index contributed by atoms with van der Waals surface area (Å²) in [5.74, 6) is -6.23. The summed E-state index contributed by atoms with van der Waals surface area (Å²) in [6, 6.07) is 21.8. The Morgan fingerprint density at radius 1 is 0.558 bits per heavy atom. The number of amides is 9. The maximum Gasteiger partial charge on any atom is 0.303 e. The third-order valence-corrected chi connectivity index (χ3v) is 16.6. The number of nitrogens with two attached hydrogens (primary N) is 1. The number of primary amides is 1. The number of carbonyl (C=O) groups excluding carboxylic acids is 9. The number of nitrogens with zero attached hydrogens (tertiary/aromatic N) is 4. The second kappa shape index (κ2) is 35.0. The molecule has 3 aromatic carbocycles. The smallest absolute Gasteiger partial charge is 0.303 e. The summed E-state index contributed by atoms with van der Waals surface area (Å²) in [5.41, 5.74) is 8.47. The molecule has 0 aromatic heterocycles. The number of hydrogen-bond acceptors (Lipinski definition) is 12. The van der Waals surface area contributed by atoms with Gasteiger partial charge in [-0.05, 0) is 86.1 Å². The maximum absolute atomic E-state index is 14.4. The lowest BCUT2D eigenvalue weighted by molar-refractivity contribution is -0.142. The molecule has 0 radical (unpaired) electrons. The number of hydrogen-bond donors (Lipinski definition) is 7. The van der Waals surface area contributed by atoms with Gasteiger partial charge in [-0.15, -0.1) is 0 Å². The van der Waals surface area contributed by atoms with Gasteiger partial charge >= 0.3 is 11.9 Å². The van der Waals surface area contributed by atoms with Gasteiger partial charge in [0, 0.05) is 87.4 Å². The highest BCUT2D eigenvalue weighted by Crippen LogP contribution is 2.33. The quantitative estimate of drug-likeness (QED) is 0.0938. The minimum absolute atomic E-state index is 0.00290. The third-order valence-electron chi connectivity index (χ3n) is 15.6. The molecule has 4 atom stereocenters. The van der Waals surface area contributed by atoms with Crippen molar-refractivity contribution in [2.75, 3.05) is 58.1 Å². The Balaban J connectivity index is 1.32. The molecule has 0 unspecified atom stereocenters. The molecule has 0 saturated heterocycles. The molecule has 2 heterocycles. The van der Waals surface area contributed by atoms with Gasteiger partial charge in [0.15, 0.2) is 0 Å². The van der Waals surface area contributed by atoms with Gasteiger partial charge in [0.1, 0.15) is 0 Å². The predicted octanol–water partition coefficient (Wildman–Crippen LogP) is 4.07. The number of carbonyl (C=O) groups is 11. The van der Waals surface area contributed by atoms with Crippen LogP contribution in [-0.4, -0.2) is 177 Å². The van der Waals surface area contributed by atoms with E-state index in [2.05, 4.69) is 21.3 Å². The van der Waals surface area contributed by atoms with Gasteiger partial charge in [-0.3, -0.25) is 52.7 Å². The first-order valence-electron chi connectivity index (χ1n) is 30.0. The lowest BCUT2D eigenvalue weighted by Gasteiger charge is -2.32. The summed E-state index contributed by atoms with van der Waals surface area (Å²) in [6.45, 7) is -1.13. The van der Waals surface area contributed by atoms with E-state index in [0.717, 1.165) is 61.6 Å². The van der Waals surface area contributed by atoms with E-state index < -0.39 is 123 Å². The molecule has 2 bridgehead atoms. The highest BCUT2D eigenvalue weighted by molar-refractivity contribution is 7.98. The third kappa shape index (κ3) is 25.0. The molecule has 8 N–H and O–H groups in total. The van der Waals surface area contributed by atoms with Crippen molar-refractivity contribution < 1.29 is 63.0 Å². The molecule has 466 valence electrons. The Labute approximate surface area is 507 Å². The molecule has 3 aromatic rings. The fraction of sp³-hybridized carbons (Fsp3) is 0.540. The highest BCUT2D eigenvalue weighted by Gasteiger charge is 2.32. The minimum atomic E-state index is -1.23. The molecule has 7 rings (SSSR count). The Morgan fingerprint density at radius 2 is 1.09 bits per heavy atom. The number of carboxylic acids is 2. The monoisotopic (exact) mass is 1210 g/mol. The van der Waals surface area contributed by atoms with Gasteiger partial charge in [-0.25, -0.2) is 0 Å². The van der Waals surface area contributed by atoms with Crippen LogP contribution in [0.5, 0.6) is 0 Å². The van der Waals surface area contributed by atoms with Crippen molar-refractivity contribution in [3.8, 4) is 0 Å². The van der Waals surface area contributed by atoms with E-state index in [0.29, 0.717) is 29.4 Å². The summed E-state index contributed by atoms with van der Waals surface area (Å²) in [6.07, 6.45) is 6.43. The molecule has 22 nitrogen and oxygen atoms in total. The van der Waals surface area contributed by atoms with Crippen LogP contribution in [0.25, 0.3) is 0 Å². The molecule has 0 spiro atoms. The first-order valence-corrected chi connectivity index (χ1v) is 31.2. The van der Waals surface area contributed by atoms with Gasteiger partial charge in [0.05, 0.1) is 44.7 Å². The predicted molar refractivity (Wildman–Crippen MR) is 323 cm³/mol. The first-order chi connectivity index (χ1) is 41.2. The second-order valence-electron chi connectivity index (χ2n) is 23.1. The number of benzene rings is 3.